The van der Waals surface area contributed by atoms with Crippen molar-refractivity contribution in [2.24, 2.45) is 7.05 Å². The predicted octanol–water partition coefficient (Wildman–Crippen LogP) is 1.50. The Bertz CT molecular complexity index is 479. The van der Waals surface area contributed by atoms with Crippen LogP contribution in [0, 0.1) is 0 Å². The first kappa shape index (κ1) is 9.39. The number of aryl methyl sites for hydroxylation is 1. The number of aromatic nitrogens is 2. The number of hydrogen-bond donors (Lipinski definition) is 2. The van der Waals surface area contributed by atoms with Gasteiger partial charge in [0.1, 0.15) is 11.4 Å². The summed E-state index contributed by atoms with van der Waals surface area (Å²) in [6, 6.07) is 5.25. The minimum absolute atomic E-state index is 0.00158. The number of phenolic OH excluding ortho intramolecular Hbond substituents is 1. The summed E-state index contributed by atoms with van der Waals surface area (Å²) >= 11 is 0. The van der Waals surface area contributed by atoms with Gasteiger partial charge in [-0.15, -0.1) is 0 Å². The molecule has 5 heteroatoms. The molecular formula is C10H11N3O2. The van der Waals surface area contributed by atoms with Crippen molar-refractivity contribution in [2.45, 2.75) is 0 Å². The minimum Gasteiger partial charge on any atom is -0.506 e. The maximum Gasteiger partial charge on any atom is 0.301 e. The van der Waals surface area contributed by atoms with E-state index in [1.807, 2.05) is 0 Å². The number of nitrogen functional groups attached to an aromatic ring is 1. The summed E-state index contributed by atoms with van der Waals surface area (Å²) in [7, 11) is 1.81. The molecule has 0 bridgehead atoms. The van der Waals surface area contributed by atoms with Crippen LogP contribution in [0.2, 0.25) is 0 Å². The molecule has 0 fully saturated rings. The van der Waals surface area contributed by atoms with Gasteiger partial charge in [-0.05, 0) is 12.1 Å². The first-order valence-electron chi connectivity index (χ1n) is 4.41. The number of hydrogen-bond acceptors (Lipinski definition) is 4. The molecule has 1 heterocycles. The fourth-order valence-corrected chi connectivity index (χ4v) is 1.17. The topological polar surface area (TPSA) is 73.3 Å². The number of nitrogens with two attached hydrogens (primary N) is 1. The van der Waals surface area contributed by atoms with Crippen LogP contribution in [0.4, 0.5) is 5.69 Å². The van der Waals surface area contributed by atoms with Crippen LogP contribution >= 0.6 is 0 Å². The van der Waals surface area contributed by atoms with E-state index in [4.69, 9.17) is 10.5 Å². The fraction of sp³-hybridized carbons (Fsp3) is 0.100. The van der Waals surface area contributed by atoms with Crippen LogP contribution in [0.3, 0.4) is 0 Å². The average Bonchev–Trinajstić information content (AvgIpc) is 2.60. The molecule has 0 aliphatic rings. The minimum atomic E-state index is 0.00158. The zero-order valence-electron chi connectivity index (χ0n) is 8.21. The van der Waals surface area contributed by atoms with Gasteiger partial charge in [-0.3, -0.25) is 0 Å². The molecule has 3 N–H and O–H groups in total. The van der Waals surface area contributed by atoms with Crippen molar-refractivity contribution in [3.8, 4) is 17.5 Å². The van der Waals surface area contributed by atoms with Crippen molar-refractivity contribution in [3.05, 3.63) is 30.6 Å². The van der Waals surface area contributed by atoms with Gasteiger partial charge in [0, 0.05) is 19.4 Å². The Hall–Kier alpha value is -2.17. The van der Waals surface area contributed by atoms with Crippen molar-refractivity contribution in [1.82, 2.24) is 9.55 Å². The SMILES string of the molecule is Cn1ccnc1Oc1cccc(O)c1N. The Morgan fingerprint density at radius 1 is 1.47 bits per heavy atom. The molecule has 0 radical (unpaired) electrons. The molecule has 0 spiro atoms. The van der Waals surface area contributed by atoms with E-state index in [1.54, 1.807) is 36.1 Å². The highest BCUT2D eigenvalue weighted by molar-refractivity contribution is 5.62. The third kappa shape index (κ3) is 1.71. The van der Waals surface area contributed by atoms with Gasteiger partial charge < -0.3 is 20.1 Å². The molecule has 5 nitrogen and oxygen atoms in total. The van der Waals surface area contributed by atoms with Crippen molar-refractivity contribution >= 4 is 5.69 Å². The van der Waals surface area contributed by atoms with E-state index < -0.39 is 0 Å². The lowest BCUT2D eigenvalue weighted by atomic mass is 10.3. The molecule has 78 valence electrons. The molecule has 0 unspecified atom stereocenters. The molecule has 1 aromatic carbocycles. The van der Waals surface area contributed by atoms with Crippen LogP contribution in [0.1, 0.15) is 0 Å². The molecule has 0 aliphatic heterocycles. The van der Waals surface area contributed by atoms with Crippen LogP contribution in [0.5, 0.6) is 17.5 Å². The van der Waals surface area contributed by atoms with E-state index in [2.05, 4.69) is 4.98 Å². The van der Waals surface area contributed by atoms with Gasteiger partial charge in [-0.1, -0.05) is 6.07 Å². The van der Waals surface area contributed by atoms with E-state index >= 15 is 0 Å². The number of para-hydroxylation sites is 1. The second kappa shape index (κ2) is 3.53. The number of benzene rings is 1. The summed E-state index contributed by atoms with van der Waals surface area (Å²) in [5, 5.41) is 9.37. The number of rotatable bonds is 2. The molecule has 0 aliphatic carbocycles. The molecular weight excluding hydrogens is 194 g/mol. The summed E-state index contributed by atoms with van der Waals surface area (Å²) in [5.41, 5.74) is 5.85. The summed E-state index contributed by atoms with van der Waals surface area (Å²) in [6.45, 7) is 0. The predicted molar refractivity (Wildman–Crippen MR) is 55.8 cm³/mol. The lowest BCUT2D eigenvalue weighted by Gasteiger charge is -2.08. The van der Waals surface area contributed by atoms with Crippen molar-refractivity contribution in [2.75, 3.05) is 5.73 Å². The Kier molecular flexibility index (Phi) is 2.21. The molecule has 0 saturated carbocycles. The van der Waals surface area contributed by atoms with Crippen molar-refractivity contribution in [1.29, 1.82) is 0 Å². The Morgan fingerprint density at radius 3 is 2.93 bits per heavy atom. The van der Waals surface area contributed by atoms with Crippen molar-refractivity contribution < 1.29 is 9.84 Å². The maximum atomic E-state index is 9.37. The molecule has 0 atom stereocenters. The third-order valence-electron chi connectivity index (χ3n) is 2.02. The smallest absolute Gasteiger partial charge is 0.301 e. The highest BCUT2D eigenvalue weighted by Gasteiger charge is 2.08. The van der Waals surface area contributed by atoms with Crippen LogP contribution < -0.4 is 10.5 Å². The molecule has 2 aromatic rings. The van der Waals surface area contributed by atoms with Crippen LogP contribution in [-0.2, 0) is 7.05 Å². The van der Waals surface area contributed by atoms with E-state index in [0.29, 0.717) is 11.8 Å². The zero-order valence-corrected chi connectivity index (χ0v) is 8.21. The second-order valence-electron chi connectivity index (χ2n) is 3.11. The average molecular weight is 205 g/mol. The highest BCUT2D eigenvalue weighted by Crippen LogP contribution is 2.32. The van der Waals surface area contributed by atoms with Crippen LogP contribution in [-0.4, -0.2) is 14.7 Å². The summed E-state index contributed by atoms with van der Waals surface area (Å²) < 4.78 is 7.14. The quantitative estimate of drug-likeness (QED) is 0.575. The van der Waals surface area contributed by atoms with E-state index in [-0.39, 0.29) is 11.4 Å². The zero-order chi connectivity index (χ0) is 10.8. The molecule has 1 aromatic heterocycles. The first-order chi connectivity index (χ1) is 7.18. The fourth-order valence-electron chi connectivity index (χ4n) is 1.17. The largest absolute Gasteiger partial charge is 0.506 e. The summed E-state index contributed by atoms with van der Waals surface area (Å²) in [5.74, 6) is 0.394. The Morgan fingerprint density at radius 2 is 2.27 bits per heavy atom. The van der Waals surface area contributed by atoms with Gasteiger partial charge >= 0.3 is 6.01 Å². The lowest BCUT2D eigenvalue weighted by Crippen LogP contribution is -1.97. The van der Waals surface area contributed by atoms with Crippen LogP contribution in [0.25, 0.3) is 0 Å². The Labute approximate surface area is 86.7 Å². The number of nitrogens with zero attached hydrogens (tertiary/aromatic N) is 2. The summed E-state index contributed by atoms with van der Waals surface area (Å²) in [6.07, 6.45) is 3.38. The normalized spacial score (nSPS) is 10.2. The number of aromatic hydroxyl groups is 1. The van der Waals surface area contributed by atoms with Gasteiger partial charge in [0.15, 0.2) is 5.75 Å². The Balaban J connectivity index is 2.33. The second-order valence-corrected chi connectivity index (χ2v) is 3.11. The lowest BCUT2D eigenvalue weighted by molar-refractivity contribution is 0.420. The van der Waals surface area contributed by atoms with E-state index in [1.165, 1.54) is 6.07 Å². The monoisotopic (exact) mass is 205 g/mol. The number of phenols is 1. The molecule has 0 amide bonds. The number of ether oxygens (including phenoxy) is 1. The molecule has 0 saturated heterocycles. The molecule has 2 rings (SSSR count). The number of imidazole rings is 1. The van der Waals surface area contributed by atoms with Gasteiger partial charge in [-0.2, -0.15) is 0 Å². The van der Waals surface area contributed by atoms with E-state index in [0.717, 1.165) is 0 Å². The van der Waals surface area contributed by atoms with Gasteiger partial charge in [0.05, 0.1) is 0 Å². The maximum absolute atomic E-state index is 9.37. The van der Waals surface area contributed by atoms with Crippen molar-refractivity contribution in [3.63, 3.8) is 0 Å². The third-order valence-corrected chi connectivity index (χ3v) is 2.02. The van der Waals surface area contributed by atoms with Gasteiger partial charge in [0.25, 0.3) is 0 Å². The van der Waals surface area contributed by atoms with Crippen LogP contribution in [0.15, 0.2) is 30.6 Å². The first-order valence-corrected chi connectivity index (χ1v) is 4.41. The summed E-state index contributed by atoms with van der Waals surface area (Å²) in [4.78, 5) is 3.99. The van der Waals surface area contributed by atoms with Gasteiger partial charge in [-0.25, -0.2) is 4.98 Å². The molecule has 15 heavy (non-hydrogen) atoms. The van der Waals surface area contributed by atoms with E-state index in [9.17, 15) is 5.11 Å². The highest BCUT2D eigenvalue weighted by atomic mass is 16.5. The standard InChI is InChI=1S/C10H11N3O2/c1-13-6-5-12-10(13)15-8-4-2-3-7(14)9(8)11/h2-6,14H,11H2,1H3. The van der Waals surface area contributed by atoms with Gasteiger partial charge in [0.2, 0.25) is 0 Å². The number of anilines is 1.